The highest BCUT2D eigenvalue weighted by Crippen LogP contribution is 2.36. The first-order chi connectivity index (χ1) is 13.5. The summed E-state index contributed by atoms with van der Waals surface area (Å²) in [5, 5.41) is 10.2. The minimum absolute atomic E-state index is 0.140. The summed E-state index contributed by atoms with van der Waals surface area (Å²) in [6.45, 7) is 3.88. The number of aliphatic hydroxyl groups is 1. The van der Waals surface area contributed by atoms with Crippen LogP contribution in [-0.2, 0) is 11.2 Å². The smallest absolute Gasteiger partial charge is 0.410 e. The van der Waals surface area contributed by atoms with E-state index >= 15 is 4.39 Å². The van der Waals surface area contributed by atoms with E-state index in [1.54, 1.807) is 63.2 Å². The van der Waals surface area contributed by atoms with Crippen LogP contribution in [0.1, 0.15) is 26.3 Å². The molecular formula is C22H24F3NO3. The van der Waals surface area contributed by atoms with Gasteiger partial charge in [0, 0.05) is 5.56 Å². The molecule has 0 saturated carbocycles. The van der Waals surface area contributed by atoms with Gasteiger partial charge in [0.1, 0.15) is 17.5 Å². The summed E-state index contributed by atoms with van der Waals surface area (Å²) < 4.78 is 48.7. The van der Waals surface area contributed by atoms with Gasteiger partial charge in [-0.3, -0.25) is 4.90 Å². The number of hydrogen-bond donors (Lipinski definition) is 1. The average Bonchev–Trinajstić information content (AvgIpc) is 2.86. The Labute approximate surface area is 167 Å². The number of carbonyl (C=O) groups excluding carboxylic acids is 1. The number of nitrogens with zero attached hydrogens (tertiary/aromatic N) is 1. The third kappa shape index (κ3) is 4.56. The Hall–Kier alpha value is -2.54. The van der Waals surface area contributed by atoms with Crippen molar-refractivity contribution in [3.63, 3.8) is 0 Å². The molecule has 1 unspecified atom stereocenters. The monoisotopic (exact) mass is 407 g/mol. The molecule has 4 nitrogen and oxygen atoms in total. The summed E-state index contributed by atoms with van der Waals surface area (Å²) in [6.07, 6.45) is -3.34. The van der Waals surface area contributed by atoms with Crippen molar-refractivity contribution in [2.45, 2.75) is 50.9 Å². The number of aliphatic hydroxyl groups excluding tert-OH is 1. The van der Waals surface area contributed by atoms with Crippen LogP contribution in [-0.4, -0.2) is 46.3 Å². The first kappa shape index (κ1) is 21.2. The van der Waals surface area contributed by atoms with Gasteiger partial charge in [-0.05, 0) is 38.3 Å². The van der Waals surface area contributed by atoms with Gasteiger partial charge in [-0.25, -0.2) is 18.0 Å². The molecule has 0 spiro atoms. The highest BCUT2D eigenvalue weighted by molar-refractivity contribution is 5.70. The molecule has 2 atom stereocenters. The van der Waals surface area contributed by atoms with Crippen molar-refractivity contribution in [3.8, 4) is 11.1 Å². The SMILES string of the molecule is CC(C)(C)OC(=O)N1CC(F)(F)C(O)[C@@H]1Cc1cccc(-c2ccccc2)c1F. The summed E-state index contributed by atoms with van der Waals surface area (Å²) in [5.74, 6) is -4.07. The lowest BCUT2D eigenvalue weighted by molar-refractivity contribution is -0.0807. The lowest BCUT2D eigenvalue weighted by Gasteiger charge is -2.29. The standard InChI is InChI=1S/C22H24F3NO3/c1-21(2,3)29-20(28)26-13-22(24,25)19(27)17(26)12-15-10-7-11-16(18(15)23)14-8-5-4-6-9-14/h4-11,17,19,27H,12-13H2,1-3H3/t17-,19?/m0/s1. The van der Waals surface area contributed by atoms with Gasteiger partial charge in [-0.1, -0.05) is 48.5 Å². The van der Waals surface area contributed by atoms with Crippen LogP contribution in [0, 0.1) is 5.82 Å². The maximum absolute atomic E-state index is 15.1. The highest BCUT2D eigenvalue weighted by Gasteiger charge is 2.56. The number of rotatable bonds is 3. The molecule has 29 heavy (non-hydrogen) atoms. The van der Waals surface area contributed by atoms with Gasteiger partial charge < -0.3 is 9.84 Å². The van der Waals surface area contributed by atoms with Gasteiger partial charge in [0.05, 0.1) is 12.6 Å². The fourth-order valence-electron chi connectivity index (χ4n) is 3.44. The molecule has 0 radical (unpaired) electrons. The number of alkyl halides is 2. The van der Waals surface area contributed by atoms with Crippen LogP contribution in [0.25, 0.3) is 11.1 Å². The second-order valence-corrected chi connectivity index (χ2v) is 8.23. The van der Waals surface area contributed by atoms with Crippen molar-refractivity contribution in [2.75, 3.05) is 6.54 Å². The third-order valence-electron chi connectivity index (χ3n) is 4.80. The van der Waals surface area contributed by atoms with Gasteiger partial charge in [0.15, 0.2) is 0 Å². The lowest BCUT2D eigenvalue weighted by Crippen LogP contribution is -2.44. The Morgan fingerprint density at radius 3 is 2.45 bits per heavy atom. The normalized spacial score (nSPS) is 21.3. The summed E-state index contributed by atoms with van der Waals surface area (Å²) in [4.78, 5) is 13.2. The molecule has 1 saturated heterocycles. The van der Waals surface area contributed by atoms with Gasteiger partial charge >= 0.3 is 6.09 Å². The molecule has 7 heteroatoms. The zero-order valence-corrected chi connectivity index (χ0v) is 16.5. The van der Waals surface area contributed by atoms with Crippen molar-refractivity contribution in [1.29, 1.82) is 0 Å². The molecule has 2 aromatic rings. The summed E-state index contributed by atoms with van der Waals surface area (Å²) >= 11 is 0. The van der Waals surface area contributed by atoms with Crippen LogP contribution >= 0.6 is 0 Å². The minimum Gasteiger partial charge on any atom is -0.444 e. The maximum Gasteiger partial charge on any atom is 0.410 e. The lowest BCUT2D eigenvalue weighted by atomic mass is 9.96. The predicted molar refractivity (Wildman–Crippen MR) is 103 cm³/mol. The van der Waals surface area contributed by atoms with Crippen LogP contribution in [0.4, 0.5) is 18.0 Å². The number of hydrogen-bond acceptors (Lipinski definition) is 3. The number of ether oxygens (including phenoxy) is 1. The first-order valence-electron chi connectivity index (χ1n) is 9.38. The predicted octanol–water partition coefficient (Wildman–Crippen LogP) is 4.65. The summed E-state index contributed by atoms with van der Waals surface area (Å²) in [7, 11) is 0. The Morgan fingerprint density at radius 1 is 1.17 bits per heavy atom. The molecule has 1 aliphatic heterocycles. The van der Waals surface area contributed by atoms with Crippen LogP contribution in [0.3, 0.4) is 0 Å². The fourth-order valence-corrected chi connectivity index (χ4v) is 3.44. The van der Waals surface area contributed by atoms with Gasteiger partial charge in [-0.2, -0.15) is 0 Å². The van der Waals surface area contributed by atoms with E-state index in [-0.39, 0.29) is 12.0 Å². The molecule has 1 aliphatic rings. The molecular weight excluding hydrogens is 383 g/mol. The van der Waals surface area contributed by atoms with E-state index in [9.17, 15) is 18.7 Å². The van der Waals surface area contributed by atoms with Crippen LogP contribution in [0.2, 0.25) is 0 Å². The van der Waals surface area contributed by atoms with Gasteiger partial charge in [-0.15, -0.1) is 0 Å². The van der Waals surface area contributed by atoms with Crippen molar-refractivity contribution in [1.82, 2.24) is 4.90 Å². The van der Waals surface area contributed by atoms with E-state index in [1.165, 1.54) is 6.07 Å². The number of carbonyl (C=O) groups is 1. The molecule has 0 aliphatic carbocycles. The first-order valence-corrected chi connectivity index (χ1v) is 9.38. The van der Waals surface area contributed by atoms with E-state index < -0.39 is 42.1 Å². The van der Waals surface area contributed by atoms with E-state index in [1.807, 2.05) is 0 Å². The molecule has 0 bridgehead atoms. The maximum atomic E-state index is 15.1. The zero-order chi connectivity index (χ0) is 21.4. The van der Waals surface area contributed by atoms with Crippen molar-refractivity contribution in [3.05, 3.63) is 59.9 Å². The molecule has 1 N–H and O–H groups in total. The summed E-state index contributed by atoms with van der Waals surface area (Å²) in [6, 6.07) is 12.2. The topological polar surface area (TPSA) is 49.8 Å². The van der Waals surface area contributed by atoms with Crippen molar-refractivity contribution < 1.29 is 27.8 Å². The van der Waals surface area contributed by atoms with E-state index in [0.29, 0.717) is 11.1 Å². The Kier molecular flexibility index (Phi) is 5.63. The third-order valence-corrected chi connectivity index (χ3v) is 4.80. The van der Waals surface area contributed by atoms with Gasteiger partial charge in [0.2, 0.25) is 0 Å². The molecule has 1 heterocycles. The highest BCUT2D eigenvalue weighted by atomic mass is 19.3. The quantitative estimate of drug-likeness (QED) is 0.806. The fraction of sp³-hybridized carbons (Fsp3) is 0.409. The molecule has 1 amide bonds. The van der Waals surface area contributed by atoms with Crippen LogP contribution < -0.4 is 0 Å². The second kappa shape index (κ2) is 7.71. The van der Waals surface area contributed by atoms with Crippen LogP contribution in [0.5, 0.6) is 0 Å². The van der Waals surface area contributed by atoms with Crippen molar-refractivity contribution >= 4 is 6.09 Å². The Morgan fingerprint density at radius 2 is 1.83 bits per heavy atom. The van der Waals surface area contributed by atoms with E-state index in [0.717, 1.165) is 4.90 Å². The molecule has 2 aromatic carbocycles. The van der Waals surface area contributed by atoms with Gasteiger partial charge in [0.25, 0.3) is 5.92 Å². The molecule has 156 valence electrons. The molecule has 1 fully saturated rings. The number of benzene rings is 2. The Balaban J connectivity index is 1.91. The number of amides is 1. The number of halogens is 3. The minimum atomic E-state index is -3.50. The second-order valence-electron chi connectivity index (χ2n) is 8.23. The van der Waals surface area contributed by atoms with Crippen molar-refractivity contribution in [2.24, 2.45) is 0 Å². The Bertz CT molecular complexity index is 881. The average molecular weight is 407 g/mol. The zero-order valence-electron chi connectivity index (χ0n) is 16.5. The van der Waals surface area contributed by atoms with E-state index in [2.05, 4.69) is 0 Å². The van der Waals surface area contributed by atoms with E-state index in [4.69, 9.17) is 4.74 Å². The summed E-state index contributed by atoms with van der Waals surface area (Å²) in [5.41, 5.74) is 0.226. The largest absolute Gasteiger partial charge is 0.444 e. The molecule has 3 rings (SSSR count). The van der Waals surface area contributed by atoms with Crippen LogP contribution in [0.15, 0.2) is 48.5 Å². The molecule has 0 aromatic heterocycles. The number of likely N-dealkylation sites (tertiary alicyclic amines) is 1.